The number of hydrogen-bond donors (Lipinski definition) is 2. The molecule has 0 fully saturated rings. The van der Waals surface area contributed by atoms with E-state index in [1.165, 1.54) is 0 Å². The molecule has 3 N–H and O–H groups in total. The van der Waals surface area contributed by atoms with E-state index >= 15 is 0 Å². The van der Waals surface area contributed by atoms with Gasteiger partial charge in [0, 0.05) is 16.0 Å². The van der Waals surface area contributed by atoms with Crippen molar-refractivity contribution in [1.82, 2.24) is 19.9 Å². The summed E-state index contributed by atoms with van der Waals surface area (Å²) in [4.78, 5) is 32.2. The molecule has 22 heavy (non-hydrogen) atoms. The maximum atomic E-state index is 12.9. The minimum Gasteiger partial charge on any atom is -0.385 e. The van der Waals surface area contributed by atoms with E-state index in [-0.39, 0.29) is 0 Å². The van der Waals surface area contributed by atoms with Gasteiger partial charge in [-0.3, -0.25) is 0 Å². The van der Waals surface area contributed by atoms with Gasteiger partial charge < -0.3 is 26.0 Å². The van der Waals surface area contributed by atoms with Gasteiger partial charge in [-0.15, -0.1) is 0 Å². The van der Waals surface area contributed by atoms with Crippen LogP contribution >= 0.6 is 0 Å². The Morgan fingerprint density at radius 1 is 0.955 bits per heavy atom. The van der Waals surface area contributed by atoms with E-state index in [0.29, 0.717) is 6.07 Å². The van der Waals surface area contributed by atoms with Crippen molar-refractivity contribution in [3.63, 3.8) is 0 Å². The Kier molecular flexibility index (Phi) is 3.66. The summed E-state index contributed by atoms with van der Waals surface area (Å²) in [5.41, 5.74) is 4.34. The van der Waals surface area contributed by atoms with E-state index in [9.17, 15) is 29.0 Å². The van der Waals surface area contributed by atoms with Crippen LogP contribution < -0.4 is 11.1 Å². The molecule has 0 radical (unpaired) electrons. The summed E-state index contributed by atoms with van der Waals surface area (Å²) in [6, 6.07) is 0.375. The van der Waals surface area contributed by atoms with E-state index in [2.05, 4.69) is 19.9 Å². The summed E-state index contributed by atoms with van der Waals surface area (Å²) >= 11 is 0. The molecule has 0 unspecified atom stereocenters. The van der Waals surface area contributed by atoms with Crippen LogP contribution in [0.4, 0.5) is 38.0 Å². The van der Waals surface area contributed by atoms with Gasteiger partial charge in [-0.2, -0.15) is 18.7 Å². The maximum absolute atomic E-state index is 12.9. The summed E-state index contributed by atoms with van der Waals surface area (Å²) in [6.45, 7) is 0. The average molecular weight is 314 g/mol. The van der Waals surface area contributed by atoms with Crippen LogP contribution in [0.1, 0.15) is 0 Å². The van der Waals surface area contributed by atoms with Crippen molar-refractivity contribution in [2.24, 2.45) is 0 Å². The van der Waals surface area contributed by atoms with Gasteiger partial charge in [-0.05, 0) is 9.85 Å². The second-order valence-electron chi connectivity index (χ2n) is 3.58. The Morgan fingerprint density at radius 3 is 1.77 bits per heavy atom. The van der Waals surface area contributed by atoms with Crippen molar-refractivity contribution in [2.45, 2.75) is 0 Å². The number of nitrogens with two attached hydrogens (primary N) is 1. The topological polar surface area (TPSA) is 176 Å². The number of rotatable bonds is 4. The predicted octanol–water partition coefficient (Wildman–Crippen LogP) is 0.687. The van der Waals surface area contributed by atoms with Gasteiger partial charge >= 0.3 is 17.6 Å². The molecule has 114 valence electrons. The van der Waals surface area contributed by atoms with Gasteiger partial charge in [-0.25, -0.2) is 5.32 Å². The zero-order valence-electron chi connectivity index (χ0n) is 10.2. The molecule has 0 spiro atoms. The van der Waals surface area contributed by atoms with Crippen LogP contribution in [0, 0.1) is 32.1 Å². The molecule has 0 aliphatic rings. The second-order valence-corrected chi connectivity index (χ2v) is 3.58. The Morgan fingerprint density at radius 2 is 1.36 bits per heavy atom. The molecule has 12 nitrogen and oxygen atoms in total. The third kappa shape index (κ3) is 2.94. The van der Waals surface area contributed by atoms with Gasteiger partial charge in [-0.1, -0.05) is 0 Å². The molecule has 2 heterocycles. The molecule has 2 rings (SSSR count). The van der Waals surface area contributed by atoms with Crippen LogP contribution in [0.3, 0.4) is 0 Å². The predicted molar refractivity (Wildman–Crippen MR) is 65.0 cm³/mol. The normalized spacial score (nSPS) is 10.3. The molecular formula is C8H4F2N8O4. The smallest absolute Gasteiger partial charge is 0.385 e. The summed E-state index contributed by atoms with van der Waals surface area (Å²) in [5.74, 6) is -6.01. The van der Waals surface area contributed by atoms with Crippen LogP contribution in [-0.2, 0) is 0 Å². The van der Waals surface area contributed by atoms with Crippen molar-refractivity contribution >= 4 is 29.2 Å². The highest BCUT2D eigenvalue weighted by Gasteiger charge is 2.31. The van der Waals surface area contributed by atoms with E-state index in [1.807, 2.05) is 5.32 Å². The molecule has 0 saturated carbocycles. The zero-order valence-corrected chi connectivity index (χ0v) is 10.2. The summed E-state index contributed by atoms with van der Waals surface area (Å²) in [7, 11) is 0. The van der Waals surface area contributed by atoms with E-state index in [0.717, 1.165) is 0 Å². The molecule has 0 saturated heterocycles. The first-order valence-electron chi connectivity index (χ1n) is 5.21. The fourth-order valence-electron chi connectivity index (χ4n) is 1.33. The molecule has 0 amide bonds. The quantitative estimate of drug-likeness (QED) is 0.463. The van der Waals surface area contributed by atoms with Crippen LogP contribution in [0.2, 0.25) is 0 Å². The van der Waals surface area contributed by atoms with Crippen molar-refractivity contribution in [1.29, 1.82) is 0 Å². The van der Waals surface area contributed by atoms with Crippen LogP contribution in [0.15, 0.2) is 6.07 Å². The lowest BCUT2D eigenvalue weighted by molar-refractivity contribution is -0.397. The lowest BCUT2D eigenvalue weighted by Crippen LogP contribution is -2.10. The number of nitrogen functional groups attached to an aromatic ring is 1. The third-order valence-electron chi connectivity index (χ3n) is 2.14. The Labute approximate surface area is 118 Å². The molecule has 0 aromatic carbocycles. The van der Waals surface area contributed by atoms with Crippen LogP contribution in [-0.4, -0.2) is 29.8 Å². The van der Waals surface area contributed by atoms with E-state index < -0.39 is 51.0 Å². The fourth-order valence-corrected chi connectivity index (χ4v) is 1.33. The minimum absolute atomic E-state index is 0.375. The SMILES string of the molecule is Nc1c([N+](=O)[O-])nc(Nc2nc(F)cc(F)n2)nc1[N+](=O)[O-]. The maximum Gasteiger partial charge on any atom is 0.457 e. The van der Waals surface area contributed by atoms with Gasteiger partial charge in [0.1, 0.15) is 0 Å². The van der Waals surface area contributed by atoms with Crippen molar-refractivity contribution in [3.05, 3.63) is 38.2 Å². The lowest BCUT2D eigenvalue weighted by atomic mass is 10.4. The summed E-state index contributed by atoms with van der Waals surface area (Å²) < 4.78 is 25.8. The lowest BCUT2D eigenvalue weighted by Gasteiger charge is -2.01. The first-order chi connectivity index (χ1) is 10.3. The van der Waals surface area contributed by atoms with Gasteiger partial charge in [0.25, 0.3) is 0 Å². The average Bonchev–Trinajstić information content (AvgIpc) is 2.38. The number of aromatic nitrogens is 4. The Balaban J connectivity index is 2.51. The summed E-state index contributed by atoms with van der Waals surface area (Å²) in [6.07, 6.45) is 0. The minimum atomic E-state index is -1.24. The van der Waals surface area contributed by atoms with Crippen molar-refractivity contribution in [3.8, 4) is 0 Å². The number of nitrogens with zero attached hydrogens (tertiary/aromatic N) is 6. The highest BCUT2D eigenvalue weighted by atomic mass is 19.1. The number of nitrogens with one attached hydrogen (secondary N) is 1. The van der Waals surface area contributed by atoms with Crippen LogP contribution in [0.25, 0.3) is 0 Å². The molecular weight excluding hydrogens is 310 g/mol. The highest BCUT2D eigenvalue weighted by Crippen LogP contribution is 2.29. The van der Waals surface area contributed by atoms with E-state index in [1.54, 1.807) is 0 Å². The molecule has 2 aromatic rings. The number of nitro groups is 2. The van der Waals surface area contributed by atoms with E-state index in [4.69, 9.17) is 5.73 Å². The third-order valence-corrected chi connectivity index (χ3v) is 2.14. The molecule has 0 aliphatic carbocycles. The van der Waals surface area contributed by atoms with Crippen molar-refractivity contribution < 1.29 is 18.6 Å². The highest BCUT2D eigenvalue weighted by molar-refractivity contribution is 5.67. The van der Waals surface area contributed by atoms with Gasteiger partial charge in [0.2, 0.25) is 23.5 Å². The number of hydrogen-bond acceptors (Lipinski definition) is 10. The molecule has 0 bridgehead atoms. The standard InChI is InChI=1S/C8H4F2N8O4/c9-2-1-3(10)13-7(12-2)16-8-14-5(17(19)20)4(11)6(15-8)18(21)22/h1H,11H2,(H,12,13,14,15,16). The number of anilines is 3. The van der Waals surface area contributed by atoms with Crippen molar-refractivity contribution in [2.75, 3.05) is 11.1 Å². The monoisotopic (exact) mass is 314 g/mol. The fraction of sp³-hybridized carbons (Fsp3) is 0. The van der Waals surface area contributed by atoms with Gasteiger partial charge in [0.05, 0.1) is 0 Å². The Hall–Kier alpha value is -3.58. The molecule has 0 atom stereocenters. The van der Waals surface area contributed by atoms with Crippen LogP contribution in [0.5, 0.6) is 0 Å². The first kappa shape index (κ1) is 14.8. The summed E-state index contributed by atoms with van der Waals surface area (Å²) in [5, 5.41) is 23.5. The molecule has 14 heteroatoms. The first-order valence-corrected chi connectivity index (χ1v) is 5.21. The number of halogens is 2. The zero-order chi connectivity index (χ0) is 16.4. The van der Waals surface area contributed by atoms with Gasteiger partial charge in [0.15, 0.2) is 0 Å². The Bertz CT molecular complexity index is 729. The molecule has 2 aromatic heterocycles. The largest absolute Gasteiger partial charge is 0.457 e. The second kappa shape index (κ2) is 5.43. The molecule has 0 aliphatic heterocycles.